The molecule has 1 aliphatic rings. The van der Waals surface area contributed by atoms with Crippen LogP contribution >= 0.6 is 15.9 Å². The lowest BCUT2D eigenvalue weighted by Crippen LogP contribution is -2.22. The summed E-state index contributed by atoms with van der Waals surface area (Å²) in [6.45, 7) is 2.02. The van der Waals surface area contributed by atoms with Crippen molar-refractivity contribution in [3.8, 4) is 0 Å². The van der Waals surface area contributed by atoms with Gasteiger partial charge in [-0.3, -0.25) is 4.98 Å². The summed E-state index contributed by atoms with van der Waals surface area (Å²) in [6.07, 6.45) is 5.16. The Labute approximate surface area is 92.2 Å². The molecule has 2 rings (SSSR count). The van der Waals surface area contributed by atoms with Crippen LogP contribution in [-0.4, -0.2) is 31.3 Å². The van der Waals surface area contributed by atoms with Crippen molar-refractivity contribution in [2.45, 2.75) is 12.5 Å². The van der Waals surface area contributed by atoms with Gasteiger partial charge >= 0.3 is 0 Å². The van der Waals surface area contributed by atoms with E-state index in [0.29, 0.717) is 6.10 Å². The zero-order chi connectivity index (χ0) is 9.97. The molecule has 1 fully saturated rings. The fraction of sp³-hybridized carbons (Fsp3) is 0.500. The van der Waals surface area contributed by atoms with Crippen molar-refractivity contribution in [3.63, 3.8) is 0 Å². The summed E-state index contributed by atoms with van der Waals surface area (Å²) in [6, 6.07) is 2.09. The molecular weight excluding hydrogens is 244 g/mol. The molecule has 0 radical (unpaired) electrons. The Morgan fingerprint density at radius 1 is 1.57 bits per heavy atom. The number of hydrogen-bond acceptors (Lipinski definition) is 3. The van der Waals surface area contributed by atoms with E-state index in [2.05, 4.69) is 31.9 Å². The second kappa shape index (κ2) is 4.28. The van der Waals surface area contributed by atoms with Gasteiger partial charge in [0.2, 0.25) is 0 Å². The summed E-state index contributed by atoms with van der Waals surface area (Å²) in [5.74, 6) is 0. The number of methoxy groups -OCH3 is 1. The molecule has 1 atom stereocenters. The van der Waals surface area contributed by atoms with Crippen molar-refractivity contribution < 1.29 is 4.74 Å². The van der Waals surface area contributed by atoms with E-state index in [1.54, 1.807) is 13.3 Å². The number of rotatable bonds is 2. The van der Waals surface area contributed by atoms with Crippen molar-refractivity contribution in [1.82, 2.24) is 4.98 Å². The highest BCUT2D eigenvalue weighted by Crippen LogP contribution is 2.23. The maximum atomic E-state index is 5.32. The van der Waals surface area contributed by atoms with Crippen LogP contribution in [0.5, 0.6) is 0 Å². The van der Waals surface area contributed by atoms with Gasteiger partial charge in [-0.25, -0.2) is 0 Å². The Bertz CT molecular complexity index is 319. The van der Waals surface area contributed by atoms with Crippen LogP contribution in [0.1, 0.15) is 6.42 Å². The summed E-state index contributed by atoms with van der Waals surface area (Å²) in [7, 11) is 1.77. The Kier molecular flexibility index (Phi) is 3.03. The molecule has 0 bridgehead atoms. The molecule has 76 valence electrons. The normalized spacial score (nSPS) is 21.6. The topological polar surface area (TPSA) is 25.4 Å². The van der Waals surface area contributed by atoms with Gasteiger partial charge < -0.3 is 9.64 Å². The minimum absolute atomic E-state index is 0.369. The van der Waals surface area contributed by atoms with Crippen LogP contribution in [0, 0.1) is 0 Å². The second-order valence-corrected chi connectivity index (χ2v) is 4.37. The summed E-state index contributed by atoms with van der Waals surface area (Å²) >= 11 is 3.42. The molecule has 0 aromatic carbocycles. The number of nitrogens with zero attached hydrogens (tertiary/aromatic N) is 2. The van der Waals surface area contributed by atoms with E-state index in [9.17, 15) is 0 Å². The summed E-state index contributed by atoms with van der Waals surface area (Å²) in [5.41, 5.74) is 1.17. The van der Waals surface area contributed by atoms with Crippen LogP contribution < -0.4 is 4.90 Å². The van der Waals surface area contributed by atoms with E-state index >= 15 is 0 Å². The summed E-state index contributed by atoms with van der Waals surface area (Å²) in [5, 5.41) is 0. The quantitative estimate of drug-likeness (QED) is 0.811. The lowest BCUT2D eigenvalue weighted by molar-refractivity contribution is 0.121. The van der Waals surface area contributed by atoms with Crippen LogP contribution in [0.25, 0.3) is 0 Å². The van der Waals surface area contributed by atoms with Gasteiger partial charge in [0, 0.05) is 30.9 Å². The van der Waals surface area contributed by atoms with Gasteiger partial charge in [-0.15, -0.1) is 0 Å². The molecule has 0 aliphatic carbocycles. The van der Waals surface area contributed by atoms with Crippen LogP contribution in [-0.2, 0) is 4.74 Å². The Morgan fingerprint density at radius 3 is 3.07 bits per heavy atom. The van der Waals surface area contributed by atoms with Crippen molar-refractivity contribution in [2.24, 2.45) is 0 Å². The van der Waals surface area contributed by atoms with E-state index in [1.165, 1.54) is 5.69 Å². The first-order valence-electron chi connectivity index (χ1n) is 4.68. The molecule has 1 saturated heterocycles. The highest BCUT2D eigenvalue weighted by Gasteiger charge is 2.22. The predicted molar refractivity (Wildman–Crippen MR) is 59.6 cm³/mol. The van der Waals surface area contributed by atoms with Crippen molar-refractivity contribution in [1.29, 1.82) is 0 Å². The zero-order valence-corrected chi connectivity index (χ0v) is 9.70. The smallest absolute Gasteiger partial charge is 0.0762 e. The highest BCUT2D eigenvalue weighted by molar-refractivity contribution is 9.10. The largest absolute Gasteiger partial charge is 0.380 e. The Morgan fingerprint density at radius 2 is 2.43 bits per heavy atom. The molecule has 3 nitrogen and oxygen atoms in total. The maximum absolute atomic E-state index is 5.32. The zero-order valence-electron chi connectivity index (χ0n) is 8.11. The predicted octanol–water partition coefficient (Wildman–Crippen LogP) is 2.07. The molecule has 14 heavy (non-hydrogen) atoms. The molecular formula is C10H13BrN2O. The third-order valence-electron chi connectivity index (χ3n) is 2.53. The van der Waals surface area contributed by atoms with Gasteiger partial charge in [0.25, 0.3) is 0 Å². The molecule has 0 spiro atoms. The Hall–Kier alpha value is -0.610. The van der Waals surface area contributed by atoms with E-state index in [0.717, 1.165) is 24.0 Å². The molecule has 1 aliphatic heterocycles. The van der Waals surface area contributed by atoms with Gasteiger partial charge in [-0.05, 0) is 28.4 Å². The van der Waals surface area contributed by atoms with Gasteiger partial charge in [0.1, 0.15) is 0 Å². The minimum atomic E-state index is 0.369. The standard InChI is InChI=1S/C10H13BrN2O/c1-14-10-2-3-13(7-10)9-4-8(11)5-12-6-9/h4-6,10H,2-3,7H2,1H3. The first kappa shape index (κ1) is 9.93. The van der Waals surface area contributed by atoms with Gasteiger partial charge in [-0.2, -0.15) is 0 Å². The van der Waals surface area contributed by atoms with Crippen molar-refractivity contribution in [2.75, 3.05) is 25.1 Å². The Balaban J connectivity index is 2.09. The van der Waals surface area contributed by atoms with Gasteiger partial charge in [-0.1, -0.05) is 0 Å². The molecule has 2 heterocycles. The first-order chi connectivity index (χ1) is 6.79. The number of anilines is 1. The third kappa shape index (κ3) is 2.07. The number of ether oxygens (including phenoxy) is 1. The lowest BCUT2D eigenvalue weighted by Gasteiger charge is -2.17. The molecule has 1 aromatic heterocycles. The van der Waals surface area contributed by atoms with Crippen LogP contribution in [0.15, 0.2) is 22.9 Å². The number of hydrogen-bond donors (Lipinski definition) is 0. The molecule has 0 saturated carbocycles. The van der Waals surface area contributed by atoms with E-state index in [1.807, 2.05) is 6.20 Å². The number of pyridine rings is 1. The summed E-state index contributed by atoms with van der Waals surface area (Å²) in [4.78, 5) is 6.45. The summed E-state index contributed by atoms with van der Waals surface area (Å²) < 4.78 is 6.34. The average molecular weight is 257 g/mol. The van der Waals surface area contributed by atoms with E-state index in [-0.39, 0.29) is 0 Å². The van der Waals surface area contributed by atoms with Gasteiger partial charge in [0.15, 0.2) is 0 Å². The highest BCUT2D eigenvalue weighted by atomic mass is 79.9. The molecule has 0 amide bonds. The first-order valence-corrected chi connectivity index (χ1v) is 5.47. The number of halogens is 1. The monoisotopic (exact) mass is 256 g/mol. The molecule has 0 N–H and O–H groups in total. The molecule has 4 heteroatoms. The SMILES string of the molecule is COC1CCN(c2cncc(Br)c2)C1. The third-order valence-corrected chi connectivity index (χ3v) is 2.97. The second-order valence-electron chi connectivity index (χ2n) is 3.45. The lowest BCUT2D eigenvalue weighted by atomic mass is 10.3. The van der Waals surface area contributed by atoms with Crippen molar-refractivity contribution in [3.05, 3.63) is 22.9 Å². The minimum Gasteiger partial charge on any atom is -0.380 e. The maximum Gasteiger partial charge on any atom is 0.0762 e. The fourth-order valence-corrected chi connectivity index (χ4v) is 2.08. The molecule has 1 unspecified atom stereocenters. The number of aromatic nitrogens is 1. The van der Waals surface area contributed by atoms with Crippen LogP contribution in [0.4, 0.5) is 5.69 Å². The van der Waals surface area contributed by atoms with E-state index < -0.39 is 0 Å². The van der Waals surface area contributed by atoms with Crippen LogP contribution in [0.2, 0.25) is 0 Å². The van der Waals surface area contributed by atoms with Crippen molar-refractivity contribution >= 4 is 21.6 Å². The van der Waals surface area contributed by atoms with Crippen LogP contribution in [0.3, 0.4) is 0 Å². The molecule has 1 aromatic rings. The van der Waals surface area contributed by atoms with Gasteiger partial charge in [0.05, 0.1) is 18.0 Å². The van der Waals surface area contributed by atoms with E-state index in [4.69, 9.17) is 4.74 Å². The fourth-order valence-electron chi connectivity index (χ4n) is 1.73. The average Bonchev–Trinajstić information content (AvgIpc) is 2.66.